The summed E-state index contributed by atoms with van der Waals surface area (Å²) in [5, 5.41) is 27.5. The molecule has 0 aromatic heterocycles. The number of carbonyl (C=O) groups is 3. The van der Waals surface area contributed by atoms with E-state index in [9.17, 15) is 19.5 Å². The molecule has 0 fully saturated rings. The lowest BCUT2D eigenvalue weighted by atomic mass is 9.90. The van der Waals surface area contributed by atoms with Gasteiger partial charge >= 0.3 is 5.97 Å². The zero-order valence-electron chi connectivity index (χ0n) is 15.1. The molecule has 0 saturated heterocycles. The molecule has 10 heteroatoms. The number of hydrogen-bond donors (Lipinski definition) is 5. The van der Waals surface area contributed by atoms with Crippen molar-refractivity contribution in [3.63, 3.8) is 0 Å². The second-order valence-electron chi connectivity index (χ2n) is 6.49. The number of thiocarbonyl (C=S) groups is 1. The third kappa shape index (κ3) is 9.18. The molecule has 0 aliphatic heterocycles. The number of nitrogens with zero attached hydrogens (tertiary/aromatic N) is 1. The molecule has 26 heavy (non-hydrogen) atoms. The normalized spacial score (nSPS) is 15.6. The zero-order valence-corrected chi connectivity index (χ0v) is 15.9. The van der Waals surface area contributed by atoms with Gasteiger partial charge in [0.05, 0.1) is 23.6 Å². The molecule has 0 saturated carbocycles. The summed E-state index contributed by atoms with van der Waals surface area (Å²) in [4.78, 5) is 36.7. The number of aliphatic carboxylic acids is 1. The van der Waals surface area contributed by atoms with Gasteiger partial charge in [-0.2, -0.15) is 0 Å². The standard InChI is InChI=1S/C16H29N3O6S/c1-9(21)13(16(24)25)7-12(22)5-10(6-14(18)23)15(26)19(2)4-3-11(17)8-20/h9-11,13,20-21H,3-8,17H2,1-2H3,(H2,18,23)(H,24,25)/t9?,10-,11+,13-/m0/s1. The summed E-state index contributed by atoms with van der Waals surface area (Å²) in [6.07, 6.45) is -1.36. The number of carboxylic acids is 1. The SMILES string of the molecule is CC(O)[C@H](CC(=O)C[C@@H](CC(N)=O)C(=S)N(C)CC[C@@H](N)CO)C(=O)O. The number of Topliss-reactive ketones (excluding diaryl/α,β-unsaturated/α-hetero) is 1. The van der Waals surface area contributed by atoms with Crippen LogP contribution in [0.2, 0.25) is 0 Å². The number of aliphatic hydroxyl groups is 2. The Labute approximate surface area is 158 Å². The second-order valence-corrected chi connectivity index (χ2v) is 6.91. The van der Waals surface area contributed by atoms with Gasteiger partial charge in [-0.25, -0.2) is 0 Å². The molecule has 1 unspecified atom stereocenters. The minimum Gasteiger partial charge on any atom is -0.481 e. The van der Waals surface area contributed by atoms with Gasteiger partial charge in [0.2, 0.25) is 5.91 Å². The average molecular weight is 391 g/mol. The highest BCUT2D eigenvalue weighted by Crippen LogP contribution is 2.19. The summed E-state index contributed by atoms with van der Waals surface area (Å²) in [5.74, 6) is -4.18. The molecule has 0 aromatic carbocycles. The number of carbonyl (C=O) groups excluding carboxylic acids is 2. The van der Waals surface area contributed by atoms with Crippen LogP contribution < -0.4 is 11.5 Å². The van der Waals surface area contributed by atoms with Crippen LogP contribution in [0.4, 0.5) is 0 Å². The van der Waals surface area contributed by atoms with Gasteiger partial charge in [-0.3, -0.25) is 14.4 Å². The van der Waals surface area contributed by atoms with Gasteiger partial charge < -0.3 is 31.7 Å². The highest BCUT2D eigenvalue weighted by atomic mass is 32.1. The van der Waals surface area contributed by atoms with Crippen LogP contribution in [0.5, 0.6) is 0 Å². The van der Waals surface area contributed by atoms with E-state index in [1.807, 2.05) is 0 Å². The molecular weight excluding hydrogens is 362 g/mol. The van der Waals surface area contributed by atoms with Crippen molar-refractivity contribution in [2.24, 2.45) is 23.3 Å². The Morgan fingerprint density at radius 1 is 1.19 bits per heavy atom. The van der Waals surface area contributed by atoms with Gasteiger partial charge in [0.25, 0.3) is 0 Å². The molecule has 150 valence electrons. The Morgan fingerprint density at radius 2 is 1.77 bits per heavy atom. The molecule has 0 aliphatic carbocycles. The Balaban J connectivity index is 4.97. The van der Waals surface area contributed by atoms with Crippen molar-refractivity contribution in [3.05, 3.63) is 0 Å². The van der Waals surface area contributed by atoms with Crippen molar-refractivity contribution in [3.8, 4) is 0 Å². The predicted octanol–water partition coefficient (Wildman–Crippen LogP) is -1.12. The fourth-order valence-corrected chi connectivity index (χ4v) is 2.69. The molecule has 0 rings (SSSR count). The molecule has 9 nitrogen and oxygen atoms in total. The number of rotatable bonds is 13. The highest BCUT2D eigenvalue weighted by Gasteiger charge is 2.29. The second kappa shape index (κ2) is 11.9. The predicted molar refractivity (Wildman–Crippen MR) is 99.3 cm³/mol. The number of amides is 1. The molecule has 4 atom stereocenters. The first-order valence-corrected chi connectivity index (χ1v) is 8.72. The lowest BCUT2D eigenvalue weighted by molar-refractivity contribution is -0.147. The number of aliphatic hydroxyl groups excluding tert-OH is 2. The third-order valence-electron chi connectivity index (χ3n) is 4.06. The maximum Gasteiger partial charge on any atom is 0.309 e. The van der Waals surface area contributed by atoms with Crippen LogP contribution in [0, 0.1) is 11.8 Å². The molecule has 0 aliphatic rings. The average Bonchev–Trinajstić information content (AvgIpc) is 2.54. The minimum atomic E-state index is -1.27. The quantitative estimate of drug-likeness (QED) is 0.244. The van der Waals surface area contributed by atoms with Crippen LogP contribution in [0.15, 0.2) is 0 Å². The lowest BCUT2D eigenvalue weighted by Crippen LogP contribution is -2.38. The van der Waals surface area contributed by atoms with Crippen molar-refractivity contribution in [2.45, 2.75) is 44.8 Å². The summed E-state index contributed by atoms with van der Waals surface area (Å²) in [5.41, 5.74) is 10.9. The Morgan fingerprint density at radius 3 is 2.19 bits per heavy atom. The molecule has 0 spiro atoms. The molecule has 0 radical (unpaired) electrons. The maximum absolute atomic E-state index is 12.2. The van der Waals surface area contributed by atoms with E-state index in [1.165, 1.54) is 6.92 Å². The van der Waals surface area contributed by atoms with E-state index in [4.69, 9.17) is 33.9 Å². The summed E-state index contributed by atoms with van der Waals surface area (Å²) in [6, 6.07) is -0.404. The van der Waals surface area contributed by atoms with Crippen molar-refractivity contribution < 1.29 is 29.7 Å². The summed E-state index contributed by atoms with van der Waals surface area (Å²) in [6.45, 7) is 1.56. The number of nitrogens with two attached hydrogens (primary N) is 2. The van der Waals surface area contributed by atoms with E-state index in [0.29, 0.717) is 18.0 Å². The minimum absolute atomic E-state index is 0.144. The first kappa shape index (κ1) is 24.4. The van der Waals surface area contributed by atoms with E-state index in [-0.39, 0.29) is 25.9 Å². The molecule has 0 bridgehead atoms. The van der Waals surface area contributed by atoms with Gasteiger partial charge in [0.15, 0.2) is 0 Å². The van der Waals surface area contributed by atoms with E-state index in [2.05, 4.69) is 0 Å². The van der Waals surface area contributed by atoms with Crippen LogP contribution in [0.25, 0.3) is 0 Å². The van der Waals surface area contributed by atoms with Crippen LogP contribution in [-0.2, 0) is 14.4 Å². The highest BCUT2D eigenvalue weighted by molar-refractivity contribution is 7.80. The monoisotopic (exact) mass is 391 g/mol. The zero-order chi connectivity index (χ0) is 20.4. The fourth-order valence-electron chi connectivity index (χ4n) is 2.43. The smallest absolute Gasteiger partial charge is 0.309 e. The van der Waals surface area contributed by atoms with Gasteiger partial charge in [-0.15, -0.1) is 0 Å². The number of ketones is 1. The Bertz CT molecular complexity index is 514. The van der Waals surface area contributed by atoms with Crippen LogP contribution in [0.3, 0.4) is 0 Å². The molecule has 0 aromatic rings. The van der Waals surface area contributed by atoms with Crippen LogP contribution in [-0.4, -0.2) is 75.2 Å². The fraction of sp³-hybridized carbons (Fsp3) is 0.750. The third-order valence-corrected chi connectivity index (χ3v) is 4.71. The van der Waals surface area contributed by atoms with Crippen molar-refractivity contribution in [1.29, 1.82) is 0 Å². The van der Waals surface area contributed by atoms with Gasteiger partial charge in [0, 0.05) is 44.8 Å². The first-order valence-electron chi connectivity index (χ1n) is 8.31. The topological polar surface area (TPSA) is 167 Å². The summed E-state index contributed by atoms with van der Waals surface area (Å²) < 4.78 is 0. The number of primary amides is 1. The summed E-state index contributed by atoms with van der Waals surface area (Å²) >= 11 is 5.34. The van der Waals surface area contributed by atoms with Crippen molar-refractivity contribution >= 4 is 34.9 Å². The van der Waals surface area contributed by atoms with Crippen LogP contribution in [0.1, 0.15) is 32.6 Å². The number of hydrogen-bond acceptors (Lipinski definition) is 7. The Hall–Kier alpha value is -1.62. The maximum atomic E-state index is 12.2. The lowest BCUT2D eigenvalue weighted by Gasteiger charge is -2.27. The van der Waals surface area contributed by atoms with Crippen LogP contribution >= 0.6 is 12.2 Å². The van der Waals surface area contributed by atoms with E-state index >= 15 is 0 Å². The van der Waals surface area contributed by atoms with Crippen molar-refractivity contribution in [2.75, 3.05) is 20.2 Å². The van der Waals surface area contributed by atoms with Crippen molar-refractivity contribution in [1.82, 2.24) is 4.90 Å². The summed E-state index contributed by atoms with van der Waals surface area (Å²) in [7, 11) is 1.68. The molecule has 1 amide bonds. The van der Waals surface area contributed by atoms with E-state index in [0.717, 1.165) is 0 Å². The first-order chi connectivity index (χ1) is 12.0. The molecular formula is C16H29N3O6S. The molecule has 7 N–H and O–H groups in total. The van der Waals surface area contributed by atoms with E-state index < -0.39 is 41.6 Å². The largest absolute Gasteiger partial charge is 0.481 e. The van der Waals surface area contributed by atoms with E-state index in [1.54, 1.807) is 11.9 Å². The van der Waals surface area contributed by atoms with Gasteiger partial charge in [-0.1, -0.05) is 12.2 Å². The van der Waals surface area contributed by atoms with Gasteiger partial charge in [-0.05, 0) is 13.3 Å². The molecule has 0 heterocycles. The Kier molecular flexibility index (Phi) is 11.2. The van der Waals surface area contributed by atoms with Gasteiger partial charge in [0.1, 0.15) is 5.78 Å². The number of carboxylic acid groups (broad SMARTS) is 1.